The van der Waals surface area contributed by atoms with Gasteiger partial charge in [0.25, 0.3) is 10.0 Å². The quantitative estimate of drug-likeness (QED) is 0.360. The molecule has 3 rings (SSSR count). The van der Waals surface area contributed by atoms with Gasteiger partial charge in [-0.25, -0.2) is 12.8 Å². The fraction of sp³-hybridized carbons (Fsp3) is 0.310. The molecular formula is C29H34FN3O5S. The molecule has 0 aromatic heterocycles. The van der Waals surface area contributed by atoms with E-state index in [1.807, 2.05) is 38.1 Å². The first kappa shape index (κ1) is 29.6. The number of amides is 2. The molecule has 0 spiro atoms. The monoisotopic (exact) mass is 555 g/mol. The largest absolute Gasteiger partial charge is 0.497 e. The molecule has 10 heteroatoms. The number of benzene rings is 3. The summed E-state index contributed by atoms with van der Waals surface area (Å²) in [6.45, 7) is 5.39. The predicted molar refractivity (Wildman–Crippen MR) is 148 cm³/mol. The Morgan fingerprint density at radius 3 is 2.23 bits per heavy atom. The van der Waals surface area contributed by atoms with E-state index >= 15 is 0 Å². The zero-order valence-corrected chi connectivity index (χ0v) is 23.4. The van der Waals surface area contributed by atoms with Crippen molar-refractivity contribution < 1.29 is 27.1 Å². The van der Waals surface area contributed by atoms with Gasteiger partial charge in [0.05, 0.1) is 17.7 Å². The van der Waals surface area contributed by atoms with Crippen molar-refractivity contribution >= 4 is 27.5 Å². The summed E-state index contributed by atoms with van der Waals surface area (Å²) in [7, 11) is -2.79. The molecule has 1 N–H and O–H groups in total. The normalized spacial score (nSPS) is 11.9. The highest BCUT2D eigenvalue weighted by atomic mass is 32.2. The number of ether oxygens (including phenoxy) is 1. The number of rotatable bonds is 12. The van der Waals surface area contributed by atoms with E-state index in [4.69, 9.17) is 4.74 Å². The third kappa shape index (κ3) is 7.35. The van der Waals surface area contributed by atoms with Gasteiger partial charge >= 0.3 is 0 Å². The maximum Gasteiger partial charge on any atom is 0.264 e. The lowest BCUT2D eigenvalue weighted by Crippen LogP contribution is -2.51. The molecule has 0 fully saturated rings. The van der Waals surface area contributed by atoms with Crippen LogP contribution >= 0.6 is 0 Å². The van der Waals surface area contributed by atoms with E-state index in [-0.39, 0.29) is 23.0 Å². The lowest BCUT2D eigenvalue weighted by Gasteiger charge is -2.32. The van der Waals surface area contributed by atoms with Gasteiger partial charge in [-0.2, -0.15) is 0 Å². The molecule has 208 valence electrons. The highest BCUT2D eigenvalue weighted by Gasteiger charge is 2.32. The van der Waals surface area contributed by atoms with Crippen LogP contribution in [-0.2, 0) is 26.2 Å². The van der Waals surface area contributed by atoms with Crippen molar-refractivity contribution in [2.24, 2.45) is 0 Å². The van der Waals surface area contributed by atoms with E-state index in [9.17, 15) is 22.4 Å². The second kappa shape index (κ2) is 13.2. The smallest absolute Gasteiger partial charge is 0.264 e. The summed E-state index contributed by atoms with van der Waals surface area (Å²) in [6, 6.07) is 17.2. The Morgan fingerprint density at radius 2 is 1.64 bits per heavy atom. The SMILES string of the molecule is CCCNC(=O)C(C)N(Cc1ccccc1C)C(=O)CN(c1ccc(F)cc1)S(=O)(=O)c1ccc(OC)cc1. The highest BCUT2D eigenvalue weighted by molar-refractivity contribution is 7.92. The van der Waals surface area contributed by atoms with Crippen molar-refractivity contribution in [2.75, 3.05) is 24.5 Å². The van der Waals surface area contributed by atoms with Gasteiger partial charge in [-0.3, -0.25) is 13.9 Å². The van der Waals surface area contributed by atoms with Crippen molar-refractivity contribution in [1.29, 1.82) is 0 Å². The molecule has 1 unspecified atom stereocenters. The fourth-order valence-corrected chi connectivity index (χ4v) is 5.37. The van der Waals surface area contributed by atoms with Gasteiger partial charge in [-0.15, -0.1) is 0 Å². The van der Waals surface area contributed by atoms with Crippen LogP contribution in [-0.4, -0.2) is 51.4 Å². The number of nitrogens with zero attached hydrogens (tertiary/aromatic N) is 2. The summed E-state index contributed by atoms with van der Waals surface area (Å²) in [5.74, 6) is -1.01. The number of hydrogen-bond donors (Lipinski definition) is 1. The Morgan fingerprint density at radius 1 is 1.00 bits per heavy atom. The molecular weight excluding hydrogens is 521 g/mol. The van der Waals surface area contributed by atoms with E-state index in [0.717, 1.165) is 34.0 Å². The molecule has 0 aliphatic heterocycles. The number of sulfonamides is 1. The number of halogens is 1. The molecule has 0 aliphatic carbocycles. The van der Waals surface area contributed by atoms with Crippen LogP contribution in [0.5, 0.6) is 5.75 Å². The summed E-state index contributed by atoms with van der Waals surface area (Å²) in [4.78, 5) is 28.1. The van der Waals surface area contributed by atoms with Gasteiger partial charge < -0.3 is 15.0 Å². The van der Waals surface area contributed by atoms with Gasteiger partial charge in [-0.1, -0.05) is 31.2 Å². The molecule has 3 aromatic rings. The first-order valence-electron chi connectivity index (χ1n) is 12.6. The number of carbonyl (C=O) groups excluding carboxylic acids is 2. The second-order valence-corrected chi connectivity index (χ2v) is 10.9. The third-order valence-corrected chi connectivity index (χ3v) is 8.15. The first-order valence-corrected chi connectivity index (χ1v) is 14.1. The fourth-order valence-electron chi connectivity index (χ4n) is 3.96. The lowest BCUT2D eigenvalue weighted by atomic mass is 10.1. The molecule has 0 bridgehead atoms. The van der Waals surface area contributed by atoms with Crippen molar-refractivity contribution in [3.63, 3.8) is 0 Å². The summed E-state index contributed by atoms with van der Waals surface area (Å²) >= 11 is 0. The van der Waals surface area contributed by atoms with Gasteiger partial charge in [0.2, 0.25) is 11.8 Å². The van der Waals surface area contributed by atoms with Crippen LogP contribution in [0.1, 0.15) is 31.4 Å². The van der Waals surface area contributed by atoms with Crippen molar-refractivity contribution in [3.8, 4) is 5.75 Å². The Kier molecular flexibility index (Phi) is 10.1. The molecule has 0 radical (unpaired) electrons. The van der Waals surface area contributed by atoms with Crippen LogP contribution in [0.15, 0.2) is 77.7 Å². The number of anilines is 1. The number of methoxy groups -OCH3 is 1. The maximum atomic E-state index is 13.9. The minimum atomic E-state index is -4.25. The van der Waals surface area contributed by atoms with Gasteiger partial charge in [0.15, 0.2) is 0 Å². The van der Waals surface area contributed by atoms with E-state index in [1.54, 1.807) is 6.92 Å². The highest BCUT2D eigenvalue weighted by Crippen LogP contribution is 2.26. The van der Waals surface area contributed by atoms with Crippen LogP contribution in [0, 0.1) is 12.7 Å². The topological polar surface area (TPSA) is 96.0 Å². The predicted octanol–water partition coefficient (Wildman–Crippen LogP) is 4.28. The number of carbonyl (C=O) groups is 2. The van der Waals surface area contributed by atoms with E-state index in [1.165, 1.54) is 48.4 Å². The Bertz CT molecular complexity index is 1380. The van der Waals surface area contributed by atoms with Crippen LogP contribution < -0.4 is 14.4 Å². The third-order valence-electron chi connectivity index (χ3n) is 6.36. The van der Waals surface area contributed by atoms with Crippen LogP contribution in [0.3, 0.4) is 0 Å². The van der Waals surface area contributed by atoms with Gasteiger partial charge in [0.1, 0.15) is 24.2 Å². The van der Waals surface area contributed by atoms with Crippen molar-refractivity contribution in [1.82, 2.24) is 10.2 Å². The second-order valence-electron chi connectivity index (χ2n) is 9.08. The Hall–Kier alpha value is -3.92. The molecule has 0 saturated heterocycles. The average molecular weight is 556 g/mol. The molecule has 0 heterocycles. The zero-order valence-electron chi connectivity index (χ0n) is 22.6. The summed E-state index contributed by atoms with van der Waals surface area (Å²) < 4.78 is 47.3. The average Bonchev–Trinajstić information content (AvgIpc) is 2.94. The first-order chi connectivity index (χ1) is 18.6. The molecule has 8 nitrogen and oxygen atoms in total. The number of aryl methyl sites for hydroxylation is 1. The summed E-state index contributed by atoms with van der Waals surface area (Å²) in [6.07, 6.45) is 0.725. The Balaban J connectivity index is 2.02. The minimum Gasteiger partial charge on any atom is -0.497 e. The molecule has 1 atom stereocenters. The lowest BCUT2D eigenvalue weighted by molar-refractivity contribution is -0.139. The Labute approximate surface area is 229 Å². The van der Waals surface area contributed by atoms with Crippen molar-refractivity contribution in [3.05, 3.63) is 89.7 Å². The zero-order chi connectivity index (χ0) is 28.6. The van der Waals surface area contributed by atoms with Gasteiger partial charge in [-0.05, 0) is 79.9 Å². The molecule has 3 aromatic carbocycles. The minimum absolute atomic E-state index is 0.0698. The van der Waals surface area contributed by atoms with Crippen LogP contribution in [0.2, 0.25) is 0 Å². The van der Waals surface area contributed by atoms with E-state index in [2.05, 4.69) is 5.32 Å². The van der Waals surface area contributed by atoms with E-state index in [0.29, 0.717) is 12.3 Å². The van der Waals surface area contributed by atoms with Crippen LogP contribution in [0.4, 0.5) is 10.1 Å². The van der Waals surface area contributed by atoms with Crippen molar-refractivity contribution in [2.45, 2.75) is 44.7 Å². The van der Waals surface area contributed by atoms with Gasteiger partial charge in [0, 0.05) is 13.1 Å². The summed E-state index contributed by atoms with van der Waals surface area (Å²) in [5.41, 5.74) is 1.87. The number of nitrogens with one attached hydrogen (secondary N) is 1. The molecule has 2 amide bonds. The molecule has 0 aliphatic rings. The molecule has 39 heavy (non-hydrogen) atoms. The number of hydrogen-bond acceptors (Lipinski definition) is 5. The van der Waals surface area contributed by atoms with E-state index < -0.39 is 34.3 Å². The van der Waals surface area contributed by atoms with Crippen LogP contribution in [0.25, 0.3) is 0 Å². The maximum absolute atomic E-state index is 13.9. The molecule has 0 saturated carbocycles. The summed E-state index contributed by atoms with van der Waals surface area (Å²) in [5, 5.41) is 2.81. The standard InChI is InChI=1S/C29H34FN3O5S/c1-5-18-31-29(35)22(3)32(19-23-9-7-6-8-21(23)2)28(34)20-33(25-12-10-24(30)11-13-25)39(36,37)27-16-14-26(38-4)15-17-27/h6-17,22H,5,18-20H2,1-4H3,(H,31,35).